The second-order valence-corrected chi connectivity index (χ2v) is 5.18. The number of benzene rings is 2. The summed E-state index contributed by atoms with van der Waals surface area (Å²) in [4.78, 5) is 23.1. The summed E-state index contributed by atoms with van der Waals surface area (Å²) >= 11 is 0. The molecule has 0 saturated carbocycles. The highest BCUT2D eigenvalue weighted by Gasteiger charge is 2.01. The zero-order chi connectivity index (χ0) is 18.1. The second kappa shape index (κ2) is 8.99. The Morgan fingerprint density at radius 1 is 1.08 bits per heavy atom. The summed E-state index contributed by atoms with van der Waals surface area (Å²) in [5.74, 6) is -0.962. The predicted molar refractivity (Wildman–Crippen MR) is 92.6 cm³/mol. The third kappa shape index (κ3) is 6.28. The molecule has 126 valence electrons. The van der Waals surface area contributed by atoms with Crippen LogP contribution in [0.1, 0.15) is 17.5 Å². The number of rotatable bonds is 6. The number of amides is 2. The van der Waals surface area contributed by atoms with Crippen LogP contribution in [-0.4, -0.2) is 11.8 Å². The molecule has 0 aliphatic heterocycles. The van der Waals surface area contributed by atoms with Crippen molar-refractivity contribution in [2.45, 2.75) is 13.0 Å². The van der Waals surface area contributed by atoms with Gasteiger partial charge in [0.15, 0.2) is 0 Å². The molecule has 0 radical (unpaired) electrons. The van der Waals surface area contributed by atoms with Crippen molar-refractivity contribution in [1.29, 1.82) is 5.26 Å². The SMILES string of the molecule is N#CCC(=O)NCc1ccc(NC(=O)/C=C/c2ccc(F)cc2)cc1. The lowest BCUT2D eigenvalue weighted by atomic mass is 10.2. The van der Waals surface area contributed by atoms with Crippen molar-refractivity contribution in [2.24, 2.45) is 0 Å². The Morgan fingerprint density at radius 3 is 2.40 bits per heavy atom. The molecule has 0 aliphatic carbocycles. The largest absolute Gasteiger partial charge is 0.351 e. The van der Waals surface area contributed by atoms with Crippen LogP contribution < -0.4 is 10.6 Å². The van der Waals surface area contributed by atoms with Crippen LogP contribution in [0.5, 0.6) is 0 Å². The van der Waals surface area contributed by atoms with Gasteiger partial charge in [-0.3, -0.25) is 9.59 Å². The van der Waals surface area contributed by atoms with Crippen molar-refractivity contribution < 1.29 is 14.0 Å². The van der Waals surface area contributed by atoms with Crippen molar-refractivity contribution >= 4 is 23.6 Å². The fraction of sp³-hybridized carbons (Fsp3) is 0.105. The molecular formula is C19H16FN3O2. The molecule has 5 nitrogen and oxygen atoms in total. The number of carbonyl (C=O) groups is 2. The Balaban J connectivity index is 1.85. The highest BCUT2D eigenvalue weighted by Crippen LogP contribution is 2.10. The van der Waals surface area contributed by atoms with Crippen LogP contribution in [0.2, 0.25) is 0 Å². The summed E-state index contributed by atoms with van der Waals surface area (Å²) in [6, 6.07) is 14.6. The maximum Gasteiger partial charge on any atom is 0.248 e. The lowest BCUT2D eigenvalue weighted by Gasteiger charge is -2.06. The van der Waals surface area contributed by atoms with E-state index in [1.54, 1.807) is 48.5 Å². The summed E-state index contributed by atoms with van der Waals surface area (Å²) in [5.41, 5.74) is 2.19. The van der Waals surface area contributed by atoms with Gasteiger partial charge < -0.3 is 10.6 Å². The molecule has 2 rings (SSSR count). The predicted octanol–water partition coefficient (Wildman–Crippen LogP) is 3.01. The molecule has 0 aliphatic rings. The molecule has 0 unspecified atom stereocenters. The van der Waals surface area contributed by atoms with Crippen molar-refractivity contribution in [3.8, 4) is 6.07 Å². The zero-order valence-corrected chi connectivity index (χ0v) is 13.3. The molecule has 0 aromatic heterocycles. The average Bonchev–Trinajstić information content (AvgIpc) is 2.61. The van der Waals surface area contributed by atoms with E-state index in [9.17, 15) is 14.0 Å². The number of halogens is 1. The number of nitriles is 1. The Hall–Kier alpha value is -3.46. The van der Waals surface area contributed by atoms with Gasteiger partial charge in [-0.15, -0.1) is 0 Å². The molecule has 2 amide bonds. The minimum absolute atomic E-state index is 0.172. The van der Waals surface area contributed by atoms with Crippen LogP contribution in [-0.2, 0) is 16.1 Å². The first kappa shape index (κ1) is 17.9. The van der Waals surface area contributed by atoms with Gasteiger partial charge in [0.05, 0.1) is 6.07 Å². The third-order valence-electron chi connectivity index (χ3n) is 3.25. The van der Waals surface area contributed by atoms with Crippen LogP contribution in [0.4, 0.5) is 10.1 Å². The van der Waals surface area contributed by atoms with Gasteiger partial charge in [0.25, 0.3) is 0 Å². The second-order valence-electron chi connectivity index (χ2n) is 5.18. The maximum atomic E-state index is 12.8. The normalized spacial score (nSPS) is 10.2. The van der Waals surface area contributed by atoms with E-state index in [0.29, 0.717) is 12.2 Å². The van der Waals surface area contributed by atoms with E-state index in [-0.39, 0.29) is 24.1 Å². The molecule has 2 aromatic rings. The number of nitrogens with one attached hydrogen (secondary N) is 2. The fourth-order valence-corrected chi connectivity index (χ4v) is 1.97. The molecule has 2 aromatic carbocycles. The van der Waals surface area contributed by atoms with Gasteiger partial charge in [0.2, 0.25) is 11.8 Å². The van der Waals surface area contributed by atoms with Crippen LogP contribution in [0.3, 0.4) is 0 Å². The summed E-state index contributed by atoms with van der Waals surface area (Å²) in [6.07, 6.45) is 2.78. The summed E-state index contributed by atoms with van der Waals surface area (Å²) < 4.78 is 12.8. The van der Waals surface area contributed by atoms with Gasteiger partial charge in [0.1, 0.15) is 12.2 Å². The molecule has 0 spiro atoms. The van der Waals surface area contributed by atoms with E-state index in [2.05, 4.69) is 10.6 Å². The van der Waals surface area contributed by atoms with Gasteiger partial charge in [0, 0.05) is 18.3 Å². The molecule has 0 bridgehead atoms. The molecule has 0 saturated heterocycles. The number of hydrogen-bond donors (Lipinski definition) is 2. The summed E-state index contributed by atoms with van der Waals surface area (Å²) in [5, 5.41) is 13.7. The summed E-state index contributed by atoms with van der Waals surface area (Å²) in [7, 11) is 0. The third-order valence-corrected chi connectivity index (χ3v) is 3.25. The monoisotopic (exact) mass is 337 g/mol. The van der Waals surface area contributed by atoms with Gasteiger partial charge in [-0.05, 0) is 41.5 Å². The van der Waals surface area contributed by atoms with Crippen molar-refractivity contribution in [3.05, 3.63) is 71.6 Å². The maximum absolute atomic E-state index is 12.8. The fourth-order valence-electron chi connectivity index (χ4n) is 1.97. The van der Waals surface area contributed by atoms with E-state index in [4.69, 9.17) is 5.26 Å². The van der Waals surface area contributed by atoms with Crippen molar-refractivity contribution in [1.82, 2.24) is 5.32 Å². The number of hydrogen-bond acceptors (Lipinski definition) is 3. The van der Waals surface area contributed by atoms with Crippen LogP contribution in [0.25, 0.3) is 6.08 Å². The lowest BCUT2D eigenvalue weighted by molar-refractivity contribution is -0.120. The minimum Gasteiger partial charge on any atom is -0.351 e. The molecule has 25 heavy (non-hydrogen) atoms. The quantitative estimate of drug-likeness (QED) is 0.795. The highest BCUT2D eigenvalue weighted by molar-refractivity contribution is 6.01. The number of anilines is 1. The minimum atomic E-state index is -0.328. The summed E-state index contributed by atoms with van der Waals surface area (Å²) in [6.45, 7) is 0.319. The van der Waals surface area contributed by atoms with Crippen LogP contribution in [0.15, 0.2) is 54.6 Å². The van der Waals surface area contributed by atoms with E-state index < -0.39 is 0 Å². The van der Waals surface area contributed by atoms with E-state index in [0.717, 1.165) is 11.1 Å². The Bertz CT molecular complexity index is 806. The Kier molecular flexibility index (Phi) is 6.43. The van der Waals surface area contributed by atoms with Gasteiger partial charge >= 0.3 is 0 Å². The van der Waals surface area contributed by atoms with Gasteiger partial charge in [-0.25, -0.2) is 4.39 Å². The topological polar surface area (TPSA) is 82.0 Å². The van der Waals surface area contributed by atoms with E-state index in [1.165, 1.54) is 18.2 Å². The number of nitrogens with zero attached hydrogens (tertiary/aromatic N) is 1. The Labute approximate surface area is 144 Å². The van der Waals surface area contributed by atoms with Crippen LogP contribution >= 0.6 is 0 Å². The molecule has 0 fully saturated rings. The number of carbonyl (C=O) groups excluding carboxylic acids is 2. The zero-order valence-electron chi connectivity index (χ0n) is 13.3. The molecule has 2 N–H and O–H groups in total. The molecule has 0 atom stereocenters. The first-order valence-electron chi connectivity index (χ1n) is 7.54. The van der Waals surface area contributed by atoms with Crippen molar-refractivity contribution in [3.63, 3.8) is 0 Å². The molecule has 6 heteroatoms. The lowest BCUT2D eigenvalue weighted by Crippen LogP contribution is -2.21. The van der Waals surface area contributed by atoms with Gasteiger partial charge in [-0.2, -0.15) is 5.26 Å². The average molecular weight is 337 g/mol. The molecular weight excluding hydrogens is 321 g/mol. The van der Waals surface area contributed by atoms with Gasteiger partial charge in [-0.1, -0.05) is 24.3 Å². The molecule has 0 heterocycles. The van der Waals surface area contributed by atoms with E-state index >= 15 is 0 Å². The van der Waals surface area contributed by atoms with Crippen LogP contribution in [0, 0.1) is 17.1 Å². The Morgan fingerprint density at radius 2 is 1.76 bits per heavy atom. The van der Waals surface area contributed by atoms with E-state index in [1.807, 2.05) is 0 Å². The highest BCUT2D eigenvalue weighted by atomic mass is 19.1. The standard InChI is InChI=1S/C19H16FN3O2/c20-16-6-1-14(2-7-16)5-10-19(25)23-17-8-3-15(4-9-17)13-22-18(24)11-12-21/h1-10H,11,13H2,(H,22,24)(H,23,25)/b10-5+. The smallest absolute Gasteiger partial charge is 0.248 e. The first-order chi connectivity index (χ1) is 12.1. The van der Waals surface area contributed by atoms with Crippen molar-refractivity contribution in [2.75, 3.05) is 5.32 Å². The first-order valence-corrected chi connectivity index (χ1v) is 7.54.